The molecule has 90 valence electrons. The molecule has 3 nitrogen and oxygen atoms in total. The van der Waals surface area contributed by atoms with Crippen LogP contribution in [0.3, 0.4) is 0 Å². The number of nitrogens with zero attached hydrogens (tertiary/aromatic N) is 3. The molecule has 0 aliphatic rings. The Kier molecular flexibility index (Phi) is 5.33. The van der Waals surface area contributed by atoms with E-state index in [-0.39, 0.29) is 6.04 Å². The van der Waals surface area contributed by atoms with Gasteiger partial charge in [-0.05, 0) is 24.8 Å². The summed E-state index contributed by atoms with van der Waals surface area (Å²) in [4.78, 5) is 5.73. The van der Waals surface area contributed by atoms with E-state index in [0.29, 0.717) is 5.17 Å². The number of hydrogen-bond acceptors (Lipinski definition) is 3. The minimum Gasteiger partial charge on any atom is -0.347 e. The third-order valence-electron chi connectivity index (χ3n) is 2.57. The van der Waals surface area contributed by atoms with E-state index >= 15 is 0 Å². The first-order valence-electron chi connectivity index (χ1n) is 5.09. The van der Waals surface area contributed by atoms with Gasteiger partial charge in [0, 0.05) is 12.1 Å². The van der Waals surface area contributed by atoms with E-state index in [2.05, 4.69) is 4.99 Å². The maximum atomic E-state index is 8.62. The van der Waals surface area contributed by atoms with Crippen LogP contribution in [-0.4, -0.2) is 23.4 Å². The highest BCUT2D eigenvalue weighted by molar-refractivity contribution is 8.13. The second kappa shape index (κ2) is 6.53. The van der Waals surface area contributed by atoms with E-state index in [9.17, 15) is 0 Å². The van der Waals surface area contributed by atoms with Gasteiger partial charge in [-0.3, -0.25) is 0 Å². The van der Waals surface area contributed by atoms with Crippen LogP contribution in [-0.2, 0) is 0 Å². The van der Waals surface area contributed by atoms with E-state index in [1.165, 1.54) is 11.8 Å². The summed E-state index contributed by atoms with van der Waals surface area (Å²) in [6.45, 7) is 2.03. The summed E-state index contributed by atoms with van der Waals surface area (Å²) < 4.78 is 0. The molecular formula is C12H14ClN3S. The Morgan fingerprint density at radius 1 is 1.53 bits per heavy atom. The number of amidine groups is 1. The highest BCUT2D eigenvalue weighted by Gasteiger charge is 2.17. The Morgan fingerprint density at radius 2 is 2.18 bits per heavy atom. The van der Waals surface area contributed by atoms with Crippen molar-refractivity contribution in [1.82, 2.24) is 4.90 Å². The zero-order valence-electron chi connectivity index (χ0n) is 10.0. The molecule has 1 rings (SSSR count). The molecule has 17 heavy (non-hydrogen) atoms. The van der Waals surface area contributed by atoms with Crippen LogP contribution in [0.4, 0.5) is 0 Å². The molecular weight excluding hydrogens is 254 g/mol. The van der Waals surface area contributed by atoms with Gasteiger partial charge in [0.05, 0.1) is 6.04 Å². The van der Waals surface area contributed by atoms with Crippen molar-refractivity contribution in [1.29, 1.82) is 5.26 Å². The fourth-order valence-corrected chi connectivity index (χ4v) is 2.37. The smallest absolute Gasteiger partial charge is 0.208 e. The van der Waals surface area contributed by atoms with Gasteiger partial charge < -0.3 is 4.90 Å². The molecule has 0 saturated carbocycles. The minimum absolute atomic E-state index is 0.0725. The molecule has 0 saturated heterocycles. The van der Waals surface area contributed by atoms with Crippen molar-refractivity contribution < 1.29 is 0 Å². The normalized spacial score (nSPS) is 13.0. The van der Waals surface area contributed by atoms with Gasteiger partial charge in [-0.25, -0.2) is 0 Å². The van der Waals surface area contributed by atoms with Gasteiger partial charge in [0.25, 0.3) is 0 Å². The zero-order valence-corrected chi connectivity index (χ0v) is 11.6. The first kappa shape index (κ1) is 13.9. The number of rotatable bonds is 2. The monoisotopic (exact) mass is 267 g/mol. The van der Waals surface area contributed by atoms with Crippen molar-refractivity contribution >= 4 is 28.5 Å². The van der Waals surface area contributed by atoms with E-state index < -0.39 is 0 Å². The topological polar surface area (TPSA) is 39.4 Å². The summed E-state index contributed by atoms with van der Waals surface area (Å²) in [7, 11) is 1.90. The van der Waals surface area contributed by atoms with E-state index in [4.69, 9.17) is 16.9 Å². The van der Waals surface area contributed by atoms with Crippen LogP contribution in [0, 0.1) is 11.5 Å². The van der Waals surface area contributed by atoms with Crippen molar-refractivity contribution in [3.8, 4) is 6.19 Å². The van der Waals surface area contributed by atoms with Gasteiger partial charge in [-0.1, -0.05) is 41.6 Å². The van der Waals surface area contributed by atoms with Gasteiger partial charge in [0.15, 0.2) is 5.17 Å². The maximum Gasteiger partial charge on any atom is 0.208 e. The number of hydrogen-bond donors (Lipinski definition) is 0. The molecule has 0 aromatic heterocycles. The van der Waals surface area contributed by atoms with Crippen LogP contribution < -0.4 is 0 Å². The molecule has 5 heteroatoms. The number of nitriles is 1. The first-order chi connectivity index (χ1) is 8.11. The average molecular weight is 268 g/mol. The fraction of sp³-hybridized carbons (Fsp3) is 0.333. The van der Waals surface area contributed by atoms with Crippen molar-refractivity contribution in [2.75, 3.05) is 13.3 Å². The van der Waals surface area contributed by atoms with Crippen LogP contribution in [0.25, 0.3) is 0 Å². The molecule has 0 fully saturated rings. The van der Waals surface area contributed by atoms with E-state index in [1.807, 2.05) is 55.6 Å². The summed E-state index contributed by atoms with van der Waals surface area (Å²) in [6, 6.07) is 7.77. The molecule has 0 amide bonds. The Morgan fingerprint density at radius 3 is 2.71 bits per heavy atom. The average Bonchev–Trinajstić information content (AvgIpc) is 2.35. The van der Waals surface area contributed by atoms with Crippen molar-refractivity contribution in [3.05, 3.63) is 34.9 Å². The summed E-state index contributed by atoms with van der Waals surface area (Å²) in [6.07, 6.45) is 3.71. The van der Waals surface area contributed by atoms with Gasteiger partial charge in [-0.15, -0.1) is 4.99 Å². The Bertz CT molecular complexity index is 453. The summed E-state index contributed by atoms with van der Waals surface area (Å²) in [5, 5.41) is 10.0. The molecule has 0 spiro atoms. The molecule has 0 bridgehead atoms. The van der Waals surface area contributed by atoms with Crippen molar-refractivity contribution in [3.63, 3.8) is 0 Å². The Hall–Kier alpha value is -1.18. The maximum absolute atomic E-state index is 8.62. The van der Waals surface area contributed by atoms with Gasteiger partial charge in [0.1, 0.15) is 0 Å². The van der Waals surface area contributed by atoms with E-state index in [0.717, 1.165) is 10.6 Å². The molecule has 0 aliphatic heterocycles. The summed E-state index contributed by atoms with van der Waals surface area (Å²) >= 11 is 7.59. The second-order valence-electron chi connectivity index (χ2n) is 3.51. The lowest BCUT2D eigenvalue weighted by molar-refractivity contribution is 0.410. The van der Waals surface area contributed by atoms with Gasteiger partial charge >= 0.3 is 0 Å². The van der Waals surface area contributed by atoms with Gasteiger partial charge in [0.2, 0.25) is 6.19 Å². The second-order valence-corrected chi connectivity index (χ2v) is 4.69. The SMILES string of the molecule is CSC(=NC#N)N(C)C(C)c1ccccc1Cl. The lowest BCUT2D eigenvalue weighted by Crippen LogP contribution is -2.27. The molecule has 1 atom stereocenters. The van der Waals surface area contributed by atoms with Crippen molar-refractivity contribution in [2.45, 2.75) is 13.0 Å². The lowest BCUT2D eigenvalue weighted by atomic mass is 10.1. The molecule has 1 aromatic carbocycles. The number of aliphatic imine (C=N–C) groups is 1. The molecule has 1 aromatic rings. The molecule has 0 aliphatic carbocycles. The first-order valence-corrected chi connectivity index (χ1v) is 6.70. The Labute approximate surface area is 111 Å². The summed E-state index contributed by atoms with van der Waals surface area (Å²) in [5.41, 5.74) is 1.02. The lowest BCUT2D eigenvalue weighted by Gasteiger charge is -2.27. The predicted octanol–water partition coefficient (Wildman–Crippen LogP) is 3.53. The fourth-order valence-electron chi connectivity index (χ4n) is 1.50. The number of halogens is 1. The molecule has 0 radical (unpaired) electrons. The molecule has 1 unspecified atom stereocenters. The van der Waals surface area contributed by atoms with Crippen LogP contribution >= 0.6 is 23.4 Å². The molecule has 0 N–H and O–H groups in total. The standard InChI is InChI=1S/C12H14ClN3S/c1-9(10-6-4-5-7-11(10)13)16(2)12(17-3)15-8-14/h4-7,9H,1-3H3. The van der Waals surface area contributed by atoms with Crippen molar-refractivity contribution in [2.24, 2.45) is 4.99 Å². The van der Waals surface area contributed by atoms with Gasteiger partial charge in [-0.2, -0.15) is 5.26 Å². The highest BCUT2D eigenvalue weighted by atomic mass is 35.5. The third-order valence-corrected chi connectivity index (χ3v) is 3.65. The third kappa shape index (κ3) is 3.39. The van der Waals surface area contributed by atoms with E-state index in [1.54, 1.807) is 0 Å². The van der Waals surface area contributed by atoms with Crippen LogP contribution in [0.2, 0.25) is 5.02 Å². The number of benzene rings is 1. The quantitative estimate of drug-likeness (QED) is 0.467. The van der Waals surface area contributed by atoms with Crippen LogP contribution in [0.15, 0.2) is 29.3 Å². The molecule has 0 heterocycles. The highest BCUT2D eigenvalue weighted by Crippen LogP contribution is 2.27. The largest absolute Gasteiger partial charge is 0.347 e. The minimum atomic E-state index is 0.0725. The Balaban J connectivity index is 2.98. The summed E-state index contributed by atoms with van der Waals surface area (Å²) in [5.74, 6) is 0. The zero-order chi connectivity index (χ0) is 12.8. The van der Waals surface area contributed by atoms with Crippen LogP contribution in [0.1, 0.15) is 18.5 Å². The number of thioether (sulfide) groups is 1. The van der Waals surface area contributed by atoms with Crippen LogP contribution in [0.5, 0.6) is 0 Å². The predicted molar refractivity (Wildman–Crippen MR) is 74.2 cm³/mol.